The van der Waals surface area contributed by atoms with Crippen LogP contribution in [0.4, 0.5) is 0 Å². The van der Waals surface area contributed by atoms with Crippen molar-refractivity contribution >= 4 is 22.2 Å². The number of likely N-dealkylation sites (tertiary alicyclic amines) is 1. The molecule has 0 aliphatic carbocycles. The van der Waals surface area contributed by atoms with Gasteiger partial charge in [-0.1, -0.05) is 30.3 Å². The van der Waals surface area contributed by atoms with E-state index in [1.165, 1.54) is 5.56 Å². The normalized spacial score (nSPS) is 25.6. The Morgan fingerprint density at radius 1 is 1.28 bits per heavy atom. The third kappa shape index (κ3) is 2.56. The highest BCUT2D eigenvalue weighted by atomic mass is 32.1. The lowest BCUT2D eigenvalue weighted by molar-refractivity contribution is -0.132. The minimum absolute atomic E-state index is 0.178. The summed E-state index contributed by atoms with van der Waals surface area (Å²) in [7, 11) is 0. The van der Waals surface area contributed by atoms with Crippen molar-refractivity contribution in [2.75, 3.05) is 19.6 Å². The molecule has 3 aromatic rings. The standard InChI is InChI=1S/C19H20N4OS/c24-17(8-15-12-22-6-7-25-19(22)21-15)23-11-14-9-20-10-16(14)18(23)13-4-2-1-3-5-13/h1-7,12,14,16,18,20H,8-11H2/t14-,16-,18-/m0/s1. The molecule has 2 aliphatic rings. The van der Waals surface area contributed by atoms with E-state index >= 15 is 0 Å². The van der Waals surface area contributed by atoms with E-state index in [4.69, 9.17) is 0 Å². The second kappa shape index (κ2) is 5.97. The molecule has 0 radical (unpaired) electrons. The molecule has 5 nitrogen and oxygen atoms in total. The van der Waals surface area contributed by atoms with E-state index in [1.807, 2.05) is 28.2 Å². The van der Waals surface area contributed by atoms with Crippen molar-refractivity contribution in [3.63, 3.8) is 0 Å². The van der Waals surface area contributed by atoms with E-state index in [-0.39, 0.29) is 11.9 Å². The monoisotopic (exact) mass is 352 g/mol. The molecule has 2 fully saturated rings. The van der Waals surface area contributed by atoms with E-state index in [0.29, 0.717) is 18.3 Å². The summed E-state index contributed by atoms with van der Waals surface area (Å²) in [4.78, 5) is 20.7. The van der Waals surface area contributed by atoms with Gasteiger partial charge in [0, 0.05) is 43.3 Å². The Hall–Kier alpha value is -2.18. The van der Waals surface area contributed by atoms with Crippen LogP contribution in [0, 0.1) is 11.8 Å². The van der Waals surface area contributed by atoms with Gasteiger partial charge in [-0.15, -0.1) is 11.3 Å². The summed E-state index contributed by atoms with van der Waals surface area (Å²) in [5.41, 5.74) is 2.11. The second-order valence-corrected chi connectivity index (χ2v) is 7.86. The molecule has 1 N–H and O–H groups in total. The molecule has 25 heavy (non-hydrogen) atoms. The number of carbonyl (C=O) groups is 1. The van der Waals surface area contributed by atoms with Gasteiger partial charge in [0.25, 0.3) is 0 Å². The van der Waals surface area contributed by atoms with Crippen molar-refractivity contribution in [3.05, 3.63) is 59.4 Å². The number of carbonyl (C=O) groups excluding carboxylic acids is 1. The molecule has 6 heteroatoms. The molecule has 0 bridgehead atoms. The molecule has 0 saturated carbocycles. The first-order valence-electron chi connectivity index (χ1n) is 8.76. The van der Waals surface area contributed by atoms with Gasteiger partial charge in [-0.2, -0.15) is 0 Å². The van der Waals surface area contributed by atoms with Gasteiger partial charge in [-0.05, 0) is 11.5 Å². The third-order valence-corrected chi connectivity index (χ3v) is 6.27. The molecule has 0 unspecified atom stereocenters. The van der Waals surface area contributed by atoms with Gasteiger partial charge in [0.05, 0.1) is 18.2 Å². The Morgan fingerprint density at radius 3 is 3.00 bits per heavy atom. The molecular formula is C19H20N4OS. The van der Waals surface area contributed by atoms with Crippen molar-refractivity contribution in [3.8, 4) is 0 Å². The number of nitrogens with one attached hydrogen (secondary N) is 1. The average Bonchev–Trinajstić information content (AvgIpc) is 3.34. The van der Waals surface area contributed by atoms with Crippen molar-refractivity contribution < 1.29 is 4.79 Å². The maximum Gasteiger partial charge on any atom is 0.229 e. The lowest BCUT2D eigenvalue weighted by atomic mass is 9.89. The first-order valence-corrected chi connectivity index (χ1v) is 9.64. The minimum atomic E-state index is 0.178. The molecule has 1 amide bonds. The molecule has 128 valence electrons. The maximum absolute atomic E-state index is 13.1. The smallest absolute Gasteiger partial charge is 0.229 e. The fraction of sp³-hybridized carbons (Fsp3) is 0.368. The van der Waals surface area contributed by atoms with Crippen LogP contribution in [0.3, 0.4) is 0 Å². The number of amides is 1. The van der Waals surface area contributed by atoms with Crippen LogP contribution in [-0.4, -0.2) is 39.8 Å². The Bertz CT molecular complexity index is 874. The summed E-state index contributed by atoms with van der Waals surface area (Å²) >= 11 is 1.60. The Balaban J connectivity index is 1.42. The molecule has 5 rings (SSSR count). The summed E-state index contributed by atoms with van der Waals surface area (Å²) in [5.74, 6) is 1.26. The summed E-state index contributed by atoms with van der Waals surface area (Å²) in [6.45, 7) is 2.85. The first kappa shape index (κ1) is 15.1. The fourth-order valence-electron chi connectivity index (χ4n) is 4.37. The molecule has 2 aromatic heterocycles. The summed E-state index contributed by atoms with van der Waals surface area (Å²) in [6.07, 6.45) is 4.34. The zero-order valence-electron chi connectivity index (χ0n) is 13.8. The van der Waals surface area contributed by atoms with Crippen LogP contribution in [-0.2, 0) is 11.2 Å². The number of hydrogen-bond acceptors (Lipinski definition) is 4. The average molecular weight is 352 g/mol. The predicted octanol–water partition coefficient (Wildman–Crippen LogP) is 2.36. The van der Waals surface area contributed by atoms with Crippen LogP contribution in [0.15, 0.2) is 48.1 Å². The highest BCUT2D eigenvalue weighted by molar-refractivity contribution is 7.15. The van der Waals surface area contributed by atoms with E-state index in [2.05, 4.69) is 39.5 Å². The number of rotatable bonds is 3. The third-order valence-electron chi connectivity index (χ3n) is 5.50. The van der Waals surface area contributed by atoms with Gasteiger partial charge >= 0.3 is 0 Å². The second-order valence-electron chi connectivity index (χ2n) is 6.99. The Kier molecular flexibility index (Phi) is 3.60. The van der Waals surface area contributed by atoms with Gasteiger partial charge in [0.1, 0.15) is 0 Å². The Labute approximate surface area is 150 Å². The lowest BCUT2D eigenvalue weighted by Gasteiger charge is -2.28. The van der Waals surface area contributed by atoms with Gasteiger partial charge in [-0.3, -0.25) is 9.20 Å². The summed E-state index contributed by atoms with van der Waals surface area (Å²) < 4.78 is 1.99. The maximum atomic E-state index is 13.1. The number of benzene rings is 1. The highest BCUT2D eigenvalue weighted by Crippen LogP contribution is 2.42. The van der Waals surface area contributed by atoms with Crippen LogP contribution in [0.25, 0.3) is 4.96 Å². The number of aromatic nitrogens is 2. The van der Waals surface area contributed by atoms with Gasteiger partial charge in [-0.25, -0.2) is 4.98 Å². The molecule has 3 atom stereocenters. The van der Waals surface area contributed by atoms with Gasteiger partial charge in [0.2, 0.25) is 5.91 Å². The molecule has 4 heterocycles. The number of hydrogen-bond donors (Lipinski definition) is 1. The quantitative estimate of drug-likeness (QED) is 0.787. The zero-order chi connectivity index (χ0) is 16.8. The van der Waals surface area contributed by atoms with Crippen molar-refractivity contribution in [1.82, 2.24) is 19.6 Å². The van der Waals surface area contributed by atoms with Crippen molar-refractivity contribution in [2.24, 2.45) is 11.8 Å². The van der Waals surface area contributed by atoms with E-state index in [1.54, 1.807) is 11.3 Å². The SMILES string of the molecule is O=C(Cc1cn2ccsc2n1)N1C[C@@H]2CNC[C@@H]2[C@@H]1c1ccccc1. The van der Waals surface area contributed by atoms with Gasteiger partial charge < -0.3 is 10.2 Å². The van der Waals surface area contributed by atoms with Crippen molar-refractivity contribution in [1.29, 1.82) is 0 Å². The molecular weight excluding hydrogens is 332 g/mol. The van der Waals surface area contributed by atoms with Crippen LogP contribution < -0.4 is 5.32 Å². The van der Waals surface area contributed by atoms with Crippen molar-refractivity contribution in [2.45, 2.75) is 12.5 Å². The van der Waals surface area contributed by atoms with Crippen LogP contribution in [0.5, 0.6) is 0 Å². The van der Waals surface area contributed by atoms with E-state index in [0.717, 1.165) is 30.3 Å². The fourth-order valence-corrected chi connectivity index (χ4v) is 5.09. The topological polar surface area (TPSA) is 49.6 Å². The Morgan fingerprint density at radius 2 is 2.16 bits per heavy atom. The van der Waals surface area contributed by atoms with Crippen LogP contribution >= 0.6 is 11.3 Å². The molecule has 2 aliphatic heterocycles. The van der Waals surface area contributed by atoms with Gasteiger partial charge in [0.15, 0.2) is 4.96 Å². The number of imidazole rings is 1. The van der Waals surface area contributed by atoms with E-state index < -0.39 is 0 Å². The lowest BCUT2D eigenvalue weighted by Crippen LogP contribution is -2.35. The predicted molar refractivity (Wildman–Crippen MR) is 97.5 cm³/mol. The molecule has 0 spiro atoms. The summed E-state index contributed by atoms with van der Waals surface area (Å²) in [6, 6.07) is 10.6. The summed E-state index contributed by atoms with van der Waals surface area (Å²) in [5, 5.41) is 5.50. The highest BCUT2D eigenvalue weighted by Gasteiger charge is 2.46. The molecule has 2 saturated heterocycles. The van der Waals surface area contributed by atoms with E-state index in [9.17, 15) is 4.79 Å². The number of fused-ring (bicyclic) bond motifs is 2. The molecule has 1 aromatic carbocycles. The van der Waals surface area contributed by atoms with Crippen LogP contribution in [0.1, 0.15) is 17.3 Å². The van der Waals surface area contributed by atoms with Crippen LogP contribution in [0.2, 0.25) is 0 Å². The zero-order valence-corrected chi connectivity index (χ0v) is 14.7. The largest absolute Gasteiger partial charge is 0.335 e. The number of nitrogens with zero attached hydrogens (tertiary/aromatic N) is 3. The minimum Gasteiger partial charge on any atom is -0.335 e. The number of thiazole rings is 1. The first-order chi connectivity index (χ1) is 12.3.